The molecule has 0 spiro atoms. The molecule has 0 aliphatic carbocycles. The number of aliphatic hydroxyl groups excluding tert-OH is 1. The molecule has 120 valence electrons. The quantitative estimate of drug-likeness (QED) is 0.877. The van der Waals surface area contributed by atoms with Crippen LogP contribution in [0.3, 0.4) is 0 Å². The summed E-state index contributed by atoms with van der Waals surface area (Å²) < 4.78 is 0. The highest BCUT2D eigenvalue weighted by Crippen LogP contribution is 2.21. The summed E-state index contributed by atoms with van der Waals surface area (Å²) in [5, 5.41) is 10.1. The van der Waals surface area contributed by atoms with Gasteiger partial charge in [-0.2, -0.15) is 0 Å². The molecule has 6 nitrogen and oxygen atoms in total. The van der Waals surface area contributed by atoms with E-state index in [0.717, 1.165) is 18.9 Å². The van der Waals surface area contributed by atoms with Crippen molar-refractivity contribution in [1.29, 1.82) is 0 Å². The van der Waals surface area contributed by atoms with Crippen LogP contribution in [0, 0.1) is 0 Å². The van der Waals surface area contributed by atoms with Crippen molar-refractivity contribution in [1.82, 2.24) is 14.8 Å². The fourth-order valence-corrected chi connectivity index (χ4v) is 3.30. The van der Waals surface area contributed by atoms with E-state index < -0.39 is 6.10 Å². The number of carbonyl (C=O) groups is 1. The third-order valence-corrected chi connectivity index (χ3v) is 4.63. The molecule has 0 unspecified atom stereocenters. The Morgan fingerprint density at radius 1 is 1.32 bits per heavy atom. The van der Waals surface area contributed by atoms with Crippen molar-refractivity contribution >= 4 is 11.7 Å². The Morgan fingerprint density at radius 2 is 2.05 bits per heavy atom. The molecular formula is C16H24N4O2. The topological polar surface area (TPSA) is 59.9 Å². The SMILES string of the molecule is CN(C)[C@@H]1CN(C(=O)c2ccnc(N3CCCC3)c2)C[C@H]1O. The maximum Gasteiger partial charge on any atom is 0.254 e. The van der Waals surface area contributed by atoms with Crippen molar-refractivity contribution in [3.63, 3.8) is 0 Å². The predicted octanol–water partition coefficient (Wildman–Crippen LogP) is 0.429. The van der Waals surface area contributed by atoms with E-state index in [1.54, 1.807) is 17.2 Å². The molecule has 0 radical (unpaired) electrons. The number of likely N-dealkylation sites (tertiary alicyclic amines) is 1. The lowest BCUT2D eigenvalue weighted by Crippen LogP contribution is -2.38. The first kappa shape index (κ1) is 15.2. The smallest absolute Gasteiger partial charge is 0.254 e. The van der Waals surface area contributed by atoms with Crippen molar-refractivity contribution in [2.24, 2.45) is 0 Å². The molecule has 2 saturated heterocycles. The monoisotopic (exact) mass is 304 g/mol. The van der Waals surface area contributed by atoms with Crippen molar-refractivity contribution in [3.8, 4) is 0 Å². The van der Waals surface area contributed by atoms with Crippen LogP contribution in [0.5, 0.6) is 0 Å². The van der Waals surface area contributed by atoms with E-state index in [2.05, 4.69) is 9.88 Å². The van der Waals surface area contributed by atoms with Gasteiger partial charge < -0.3 is 19.8 Å². The van der Waals surface area contributed by atoms with Crippen LogP contribution in [0.15, 0.2) is 18.3 Å². The lowest BCUT2D eigenvalue weighted by atomic mass is 10.2. The van der Waals surface area contributed by atoms with E-state index in [0.29, 0.717) is 18.7 Å². The van der Waals surface area contributed by atoms with Gasteiger partial charge >= 0.3 is 0 Å². The van der Waals surface area contributed by atoms with Gasteiger partial charge in [-0.25, -0.2) is 4.98 Å². The Labute approximate surface area is 131 Å². The van der Waals surface area contributed by atoms with E-state index in [4.69, 9.17) is 0 Å². The van der Waals surface area contributed by atoms with Crippen LogP contribution in [0.25, 0.3) is 0 Å². The molecule has 0 bridgehead atoms. The van der Waals surface area contributed by atoms with Crippen molar-refractivity contribution in [2.45, 2.75) is 25.0 Å². The molecule has 6 heteroatoms. The summed E-state index contributed by atoms with van der Waals surface area (Å²) in [6.45, 7) is 2.98. The van der Waals surface area contributed by atoms with Gasteiger partial charge in [0.25, 0.3) is 5.91 Å². The minimum absolute atomic E-state index is 0.00356. The zero-order valence-electron chi connectivity index (χ0n) is 13.3. The van der Waals surface area contributed by atoms with Crippen LogP contribution >= 0.6 is 0 Å². The second-order valence-corrected chi connectivity index (χ2v) is 6.41. The van der Waals surface area contributed by atoms with Crippen LogP contribution in [0.2, 0.25) is 0 Å². The van der Waals surface area contributed by atoms with Gasteiger partial charge in [0.2, 0.25) is 0 Å². The van der Waals surface area contributed by atoms with E-state index in [-0.39, 0.29) is 11.9 Å². The van der Waals surface area contributed by atoms with Gasteiger partial charge in [0, 0.05) is 37.9 Å². The van der Waals surface area contributed by atoms with E-state index >= 15 is 0 Å². The first-order valence-corrected chi connectivity index (χ1v) is 7.91. The number of aromatic nitrogens is 1. The maximum absolute atomic E-state index is 12.7. The largest absolute Gasteiger partial charge is 0.390 e. The van der Waals surface area contributed by atoms with Crippen LogP contribution < -0.4 is 4.90 Å². The van der Waals surface area contributed by atoms with Crippen LogP contribution in [-0.4, -0.2) is 78.2 Å². The minimum Gasteiger partial charge on any atom is -0.390 e. The van der Waals surface area contributed by atoms with E-state index in [1.807, 2.05) is 25.1 Å². The predicted molar refractivity (Wildman–Crippen MR) is 85.1 cm³/mol. The number of amides is 1. The second kappa shape index (κ2) is 6.22. The highest BCUT2D eigenvalue weighted by Gasteiger charge is 2.35. The fourth-order valence-electron chi connectivity index (χ4n) is 3.30. The molecule has 0 aromatic carbocycles. The number of carbonyl (C=O) groups excluding carboxylic acids is 1. The zero-order chi connectivity index (χ0) is 15.7. The number of aliphatic hydroxyl groups is 1. The van der Waals surface area contributed by atoms with E-state index in [1.165, 1.54) is 12.8 Å². The number of rotatable bonds is 3. The van der Waals surface area contributed by atoms with Crippen molar-refractivity contribution < 1.29 is 9.90 Å². The van der Waals surface area contributed by atoms with Gasteiger partial charge in [0.05, 0.1) is 12.1 Å². The van der Waals surface area contributed by atoms with E-state index in [9.17, 15) is 9.90 Å². The Morgan fingerprint density at radius 3 is 2.68 bits per heavy atom. The Bertz CT molecular complexity index is 543. The lowest BCUT2D eigenvalue weighted by molar-refractivity contribution is 0.0764. The minimum atomic E-state index is -0.487. The van der Waals surface area contributed by atoms with Gasteiger partial charge in [0.1, 0.15) is 5.82 Å². The average molecular weight is 304 g/mol. The number of hydrogen-bond acceptors (Lipinski definition) is 5. The number of nitrogens with zero attached hydrogens (tertiary/aromatic N) is 4. The number of likely N-dealkylation sites (N-methyl/N-ethyl adjacent to an activating group) is 1. The second-order valence-electron chi connectivity index (χ2n) is 6.41. The highest BCUT2D eigenvalue weighted by atomic mass is 16.3. The van der Waals surface area contributed by atoms with Crippen molar-refractivity contribution in [3.05, 3.63) is 23.9 Å². The summed E-state index contributed by atoms with van der Waals surface area (Å²) >= 11 is 0. The summed E-state index contributed by atoms with van der Waals surface area (Å²) in [4.78, 5) is 23.0. The maximum atomic E-state index is 12.7. The first-order chi connectivity index (χ1) is 10.6. The average Bonchev–Trinajstić information content (AvgIpc) is 3.16. The molecule has 3 rings (SSSR count). The number of hydrogen-bond donors (Lipinski definition) is 1. The van der Waals surface area contributed by atoms with Crippen LogP contribution in [-0.2, 0) is 0 Å². The summed E-state index contributed by atoms with van der Waals surface area (Å²) in [6, 6.07) is 3.64. The molecule has 1 aromatic rings. The summed E-state index contributed by atoms with van der Waals surface area (Å²) in [5.41, 5.74) is 0.656. The molecule has 3 heterocycles. The molecule has 2 atom stereocenters. The van der Waals surface area contributed by atoms with Gasteiger partial charge in [-0.15, -0.1) is 0 Å². The molecule has 1 aromatic heterocycles. The normalized spacial score (nSPS) is 25.3. The van der Waals surface area contributed by atoms with Crippen LogP contribution in [0.4, 0.5) is 5.82 Å². The lowest BCUT2D eigenvalue weighted by Gasteiger charge is -2.22. The Balaban J connectivity index is 1.74. The van der Waals surface area contributed by atoms with Gasteiger partial charge in [0.15, 0.2) is 0 Å². The Hall–Kier alpha value is -1.66. The first-order valence-electron chi connectivity index (χ1n) is 7.91. The number of β-amino-alcohol motifs (C(OH)–C–C–N with tert-alkyl or cyclic N) is 1. The molecule has 2 fully saturated rings. The standard InChI is InChI=1S/C16H24N4O2/c1-18(2)13-10-20(11-14(13)21)16(22)12-5-6-17-15(9-12)19-7-3-4-8-19/h5-6,9,13-14,21H,3-4,7-8,10-11H2,1-2H3/t13-,14-/m1/s1. The number of anilines is 1. The third-order valence-electron chi connectivity index (χ3n) is 4.63. The molecule has 22 heavy (non-hydrogen) atoms. The molecule has 0 saturated carbocycles. The van der Waals surface area contributed by atoms with Crippen molar-refractivity contribution in [2.75, 3.05) is 45.2 Å². The Kier molecular flexibility index (Phi) is 4.31. The number of pyridine rings is 1. The zero-order valence-corrected chi connectivity index (χ0v) is 13.3. The summed E-state index contributed by atoms with van der Waals surface area (Å²) in [5.74, 6) is 0.860. The summed E-state index contributed by atoms with van der Waals surface area (Å²) in [7, 11) is 3.86. The van der Waals surface area contributed by atoms with Crippen LogP contribution in [0.1, 0.15) is 23.2 Å². The van der Waals surface area contributed by atoms with Gasteiger partial charge in [-0.3, -0.25) is 4.79 Å². The van der Waals surface area contributed by atoms with Gasteiger partial charge in [-0.05, 0) is 39.1 Å². The summed E-state index contributed by atoms with van der Waals surface area (Å²) in [6.07, 6.45) is 3.58. The molecule has 1 amide bonds. The molecule has 2 aliphatic rings. The molecule has 1 N–H and O–H groups in total. The highest BCUT2D eigenvalue weighted by molar-refractivity contribution is 5.95. The molecular weight excluding hydrogens is 280 g/mol. The third kappa shape index (κ3) is 2.94. The molecule has 2 aliphatic heterocycles. The van der Waals surface area contributed by atoms with Gasteiger partial charge in [-0.1, -0.05) is 0 Å². The fraction of sp³-hybridized carbons (Fsp3) is 0.625.